The highest BCUT2D eigenvalue weighted by Crippen LogP contribution is 2.10. The van der Waals surface area contributed by atoms with Gasteiger partial charge in [0.25, 0.3) is 0 Å². The molecule has 0 radical (unpaired) electrons. The van der Waals surface area contributed by atoms with Crippen molar-refractivity contribution >= 4 is 11.3 Å². The Bertz CT molecular complexity index is 283. The Morgan fingerprint density at radius 1 is 1.53 bits per heavy atom. The number of rotatable bonds is 6. The van der Waals surface area contributed by atoms with E-state index in [9.17, 15) is 0 Å². The van der Waals surface area contributed by atoms with Crippen molar-refractivity contribution < 1.29 is 0 Å². The molecule has 1 heterocycles. The number of aryl methyl sites for hydroxylation is 1. The third-order valence-corrected chi connectivity index (χ3v) is 3.59. The fourth-order valence-corrected chi connectivity index (χ4v) is 1.96. The normalized spacial score (nSPS) is 11.6. The molecule has 0 unspecified atom stereocenters. The molecule has 0 aliphatic carbocycles. The van der Waals surface area contributed by atoms with Crippen LogP contribution in [0, 0.1) is 6.92 Å². The lowest BCUT2D eigenvalue weighted by molar-refractivity contribution is 0.273. The Morgan fingerprint density at radius 3 is 2.80 bits per heavy atom. The Labute approximate surface area is 96.5 Å². The summed E-state index contributed by atoms with van der Waals surface area (Å²) in [6.07, 6.45) is 0. The molecule has 0 aliphatic heterocycles. The quantitative estimate of drug-likeness (QED) is 0.752. The zero-order chi connectivity index (χ0) is 11.3. The molecule has 0 aromatic carbocycles. The van der Waals surface area contributed by atoms with Crippen molar-refractivity contribution in [3.8, 4) is 0 Å². The van der Waals surface area contributed by atoms with E-state index in [0.717, 1.165) is 25.3 Å². The van der Waals surface area contributed by atoms with Gasteiger partial charge in [0.15, 0.2) is 0 Å². The van der Waals surface area contributed by atoms with E-state index >= 15 is 0 Å². The first kappa shape index (κ1) is 12.6. The van der Waals surface area contributed by atoms with Crippen LogP contribution >= 0.6 is 11.3 Å². The molecule has 1 aromatic rings. The molecular formula is C11H21N3S. The third kappa shape index (κ3) is 4.28. The van der Waals surface area contributed by atoms with Gasteiger partial charge in [0.2, 0.25) is 0 Å². The zero-order valence-corrected chi connectivity index (χ0v) is 10.9. The molecule has 15 heavy (non-hydrogen) atoms. The van der Waals surface area contributed by atoms with Gasteiger partial charge in [0.05, 0.1) is 11.2 Å². The number of aromatic nitrogens is 1. The van der Waals surface area contributed by atoms with Gasteiger partial charge in [0, 0.05) is 30.6 Å². The number of hydrogen-bond acceptors (Lipinski definition) is 4. The van der Waals surface area contributed by atoms with E-state index in [-0.39, 0.29) is 0 Å². The van der Waals surface area contributed by atoms with E-state index in [2.05, 4.69) is 43.0 Å². The summed E-state index contributed by atoms with van der Waals surface area (Å²) < 4.78 is 0. The maximum atomic E-state index is 4.23. The average molecular weight is 227 g/mol. The highest BCUT2D eigenvalue weighted by Gasteiger charge is 2.03. The van der Waals surface area contributed by atoms with Crippen LogP contribution < -0.4 is 5.32 Å². The van der Waals surface area contributed by atoms with E-state index in [1.165, 1.54) is 4.88 Å². The molecule has 0 saturated carbocycles. The Kier molecular flexibility index (Phi) is 5.22. The molecule has 0 aliphatic rings. The van der Waals surface area contributed by atoms with E-state index < -0.39 is 0 Å². The molecule has 3 nitrogen and oxygen atoms in total. The monoisotopic (exact) mass is 227 g/mol. The first-order chi connectivity index (χ1) is 7.11. The van der Waals surface area contributed by atoms with Crippen molar-refractivity contribution in [3.05, 3.63) is 16.1 Å². The maximum absolute atomic E-state index is 4.23. The molecule has 0 amide bonds. The summed E-state index contributed by atoms with van der Waals surface area (Å²) in [5, 5.41) is 3.44. The summed E-state index contributed by atoms with van der Waals surface area (Å²) in [4.78, 5) is 7.92. The Balaban J connectivity index is 2.15. The molecular weight excluding hydrogens is 206 g/mol. The third-order valence-electron chi connectivity index (χ3n) is 2.65. The van der Waals surface area contributed by atoms with Crippen LogP contribution in [-0.4, -0.2) is 36.1 Å². The van der Waals surface area contributed by atoms with Crippen molar-refractivity contribution in [2.75, 3.05) is 20.1 Å². The summed E-state index contributed by atoms with van der Waals surface area (Å²) >= 11 is 1.73. The van der Waals surface area contributed by atoms with E-state index in [1.54, 1.807) is 11.3 Å². The molecule has 0 atom stereocenters. The van der Waals surface area contributed by atoms with Crippen molar-refractivity contribution in [2.24, 2.45) is 0 Å². The lowest BCUT2D eigenvalue weighted by Crippen LogP contribution is -2.33. The number of nitrogens with zero attached hydrogens (tertiary/aromatic N) is 2. The predicted octanol–water partition coefficient (Wildman–Crippen LogP) is 1.88. The minimum Gasteiger partial charge on any atom is -0.311 e. The first-order valence-electron chi connectivity index (χ1n) is 5.41. The van der Waals surface area contributed by atoms with Gasteiger partial charge in [-0.25, -0.2) is 4.98 Å². The van der Waals surface area contributed by atoms with Crippen molar-refractivity contribution in [2.45, 2.75) is 33.4 Å². The number of likely N-dealkylation sites (N-methyl/N-ethyl adjacent to an activating group) is 1. The van der Waals surface area contributed by atoms with Gasteiger partial charge in [-0.15, -0.1) is 11.3 Å². The fraction of sp³-hybridized carbons (Fsp3) is 0.727. The summed E-state index contributed by atoms with van der Waals surface area (Å²) in [6, 6.07) is 0.622. The highest BCUT2D eigenvalue weighted by molar-refractivity contribution is 7.09. The Morgan fingerprint density at radius 2 is 2.27 bits per heavy atom. The predicted molar refractivity (Wildman–Crippen MR) is 66.3 cm³/mol. The molecule has 1 rings (SSSR count). The van der Waals surface area contributed by atoms with Crippen LogP contribution in [0.1, 0.15) is 24.4 Å². The SMILES string of the molecule is Cc1ncsc1CNCCN(C)C(C)C. The van der Waals surface area contributed by atoms with Crippen LogP contribution in [0.4, 0.5) is 0 Å². The van der Waals surface area contributed by atoms with Crippen LogP contribution in [0.25, 0.3) is 0 Å². The molecule has 86 valence electrons. The zero-order valence-electron chi connectivity index (χ0n) is 10.1. The largest absolute Gasteiger partial charge is 0.311 e. The van der Waals surface area contributed by atoms with Gasteiger partial charge in [-0.05, 0) is 27.8 Å². The van der Waals surface area contributed by atoms with Gasteiger partial charge >= 0.3 is 0 Å². The van der Waals surface area contributed by atoms with Crippen molar-refractivity contribution in [1.82, 2.24) is 15.2 Å². The van der Waals surface area contributed by atoms with Gasteiger partial charge in [0.1, 0.15) is 0 Å². The maximum Gasteiger partial charge on any atom is 0.0798 e. The smallest absolute Gasteiger partial charge is 0.0798 e. The minimum absolute atomic E-state index is 0.622. The highest BCUT2D eigenvalue weighted by atomic mass is 32.1. The number of thiazole rings is 1. The summed E-state index contributed by atoms with van der Waals surface area (Å²) in [5.74, 6) is 0. The summed E-state index contributed by atoms with van der Waals surface area (Å²) in [6.45, 7) is 9.57. The Hall–Kier alpha value is -0.450. The second-order valence-electron chi connectivity index (χ2n) is 4.11. The number of nitrogens with one attached hydrogen (secondary N) is 1. The summed E-state index contributed by atoms with van der Waals surface area (Å²) in [7, 11) is 2.16. The summed E-state index contributed by atoms with van der Waals surface area (Å²) in [5.41, 5.74) is 3.07. The minimum atomic E-state index is 0.622. The number of hydrogen-bond donors (Lipinski definition) is 1. The lowest BCUT2D eigenvalue weighted by atomic mass is 10.3. The molecule has 1 N–H and O–H groups in total. The van der Waals surface area contributed by atoms with Crippen molar-refractivity contribution in [1.29, 1.82) is 0 Å². The van der Waals surface area contributed by atoms with E-state index in [4.69, 9.17) is 0 Å². The van der Waals surface area contributed by atoms with E-state index in [1.807, 2.05) is 5.51 Å². The van der Waals surface area contributed by atoms with Crippen LogP contribution in [0.15, 0.2) is 5.51 Å². The first-order valence-corrected chi connectivity index (χ1v) is 6.29. The molecule has 0 fully saturated rings. The fourth-order valence-electron chi connectivity index (χ4n) is 1.21. The molecule has 0 saturated heterocycles. The molecule has 4 heteroatoms. The molecule has 0 bridgehead atoms. The lowest BCUT2D eigenvalue weighted by Gasteiger charge is -2.20. The van der Waals surface area contributed by atoms with Crippen molar-refractivity contribution in [3.63, 3.8) is 0 Å². The van der Waals surface area contributed by atoms with Gasteiger partial charge in [-0.2, -0.15) is 0 Å². The van der Waals surface area contributed by atoms with Crippen LogP contribution in [0.5, 0.6) is 0 Å². The molecule has 1 aromatic heterocycles. The van der Waals surface area contributed by atoms with Gasteiger partial charge in [-0.1, -0.05) is 0 Å². The van der Waals surface area contributed by atoms with Crippen LogP contribution in [-0.2, 0) is 6.54 Å². The topological polar surface area (TPSA) is 28.2 Å². The standard InChI is InChI=1S/C11H21N3S/c1-9(2)14(4)6-5-12-7-11-10(3)13-8-15-11/h8-9,12H,5-7H2,1-4H3. The van der Waals surface area contributed by atoms with Crippen LogP contribution in [0.3, 0.4) is 0 Å². The van der Waals surface area contributed by atoms with Gasteiger partial charge < -0.3 is 10.2 Å². The van der Waals surface area contributed by atoms with E-state index in [0.29, 0.717) is 6.04 Å². The van der Waals surface area contributed by atoms with Gasteiger partial charge in [-0.3, -0.25) is 0 Å². The van der Waals surface area contributed by atoms with Crippen LogP contribution in [0.2, 0.25) is 0 Å². The molecule has 0 spiro atoms. The second-order valence-corrected chi connectivity index (χ2v) is 5.05. The average Bonchev–Trinajstić information content (AvgIpc) is 2.58. The second kappa shape index (κ2) is 6.20.